The molecule has 0 aromatic rings. The van der Waals surface area contributed by atoms with Crippen LogP contribution in [0.5, 0.6) is 0 Å². The number of carboxylic acids is 1. The highest BCUT2D eigenvalue weighted by molar-refractivity contribution is 5.99. The third-order valence-electron chi connectivity index (χ3n) is 16.0. The van der Waals surface area contributed by atoms with Gasteiger partial charge in [-0.25, -0.2) is 4.79 Å². The molecule has 1 saturated heterocycles. The second-order valence-electron chi connectivity index (χ2n) is 26.9. The lowest BCUT2D eigenvalue weighted by Crippen LogP contribution is -2.63. The zero-order chi connectivity index (χ0) is 69.9. The number of amides is 10. The van der Waals surface area contributed by atoms with E-state index in [0.717, 1.165) is 25.7 Å². The van der Waals surface area contributed by atoms with E-state index in [1.54, 1.807) is 69.2 Å². The first-order valence-corrected chi connectivity index (χ1v) is 33.5. The SMILES string of the molecule is CCCCCCCCCCCCC(O)CC(=O)NC(CC(C)C)C(=O)NC(CCC(=O)O)C(=O)NC1C(=O)NC(C(C)CC)C(=O)NC(CC(C)C)C(=O)NC(CO)C(=O)NC(CC(C)C)C(=O)NC(CC(C)C)C(=O)NC(CO)C(=O)NC(C(C)C)C(=O)OC1C. The number of hydrogen-bond donors (Lipinski definition) is 14. The van der Waals surface area contributed by atoms with E-state index in [-0.39, 0.29) is 62.2 Å². The number of unbranched alkanes of at least 4 members (excludes halogenated alkanes) is 9. The number of carboxylic acid groups (broad SMARTS) is 1. The smallest absolute Gasteiger partial charge is 0.329 e. The highest BCUT2D eigenvalue weighted by Crippen LogP contribution is 2.18. The number of carbonyl (C=O) groups is 12. The summed E-state index contributed by atoms with van der Waals surface area (Å²) in [6.07, 6.45) is 7.11. The maximum atomic E-state index is 15.0. The number of aliphatic carboxylic acids is 1. The van der Waals surface area contributed by atoms with Crippen LogP contribution in [0.2, 0.25) is 0 Å². The van der Waals surface area contributed by atoms with Gasteiger partial charge in [0.25, 0.3) is 0 Å². The van der Waals surface area contributed by atoms with E-state index < -0.39 is 182 Å². The van der Waals surface area contributed by atoms with Gasteiger partial charge in [0.05, 0.1) is 25.7 Å². The van der Waals surface area contributed by atoms with Crippen LogP contribution in [-0.4, -0.2) is 177 Å². The Labute approximate surface area is 545 Å². The third kappa shape index (κ3) is 32.4. The van der Waals surface area contributed by atoms with E-state index in [2.05, 4.69) is 60.1 Å². The van der Waals surface area contributed by atoms with Crippen LogP contribution in [0.15, 0.2) is 0 Å². The molecule has 1 aliphatic heterocycles. The van der Waals surface area contributed by atoms with Crippen LogP contribution in [0.4, 0.5) is 0 Å². The van der Waals surface area contributed by atoms with Crippen molar-refractivity contribution in [2.45, 2.75) is 292 Å². The summed E-state index contributed by atoms with van der Waals surface area (Å²) < 4.78 is 5.85. The van der Waals surface area contributed by atoms with E-state index in [4.69, 9.17) is 4.74 Å². The number of nitrogens with one attached hydrogen (secondary N) is 10. The van der Waals surface area contributed by atoms with Crippen molar-refractivity contribution in [1.82, 2.24) is 53.2 Å². The van der Waals surface area contributed by atoms with Gasteiger partial charge >= 0.3 is 11.9 Å². The molecule has 27 heteroatoms. The summed E-state index contributed by atoms with van der Waals surface area (Å²) in [4.78, 5) is 169. The molecule has 1 rings (SSSR count). The van der Waals surface area contributed by atoms with E-state index in [1.165, 1.54) is 52.9 Å². The molecule has 0 spiro atoms. The minimum Gasteiger partial charge on any atom is -0.481 e. The summed E-state index contributed by atoms with van der Waals surface area (Å²) in [7, 11) is 0. The molecule has 1 aliphatic rings. The lowest BCUT2D eigenvalue weighted by atomic mass is 9.96. The first kappa shape index (κ1) is 83.5. The molecule has 92 heavy (non-hydrogen) atoms. The minimum absolute atomic E-state index is 0.00510. The summed E-state index contributed by atoms with van der Waals surface area (Å²) in [6, 6.07) is -15.7. The first-order chi connectivity index (χ1) is 43.2. The van der Waals surface area contributed by atoms with Gasteiger partial charge in [-0.1, -0.05) is 161 Å². The number of carbonyl (C=O) groups excluding carboxylic acids is 11. The quantitative estimate of drug-likeness (QED) is 0.0325. The van der Waals surface area contributed by atoms with Gasteiger partial charge in [-0.2, -0.15) is 0 Å². The largest absolute Gasteiger partial charge is 0.481 e. The van der Waals surface area contributed by atoms with Crippen molar-refractivity contribution in [1.29, 1.82) is 0 Å². The molecule has 0 aromatic heterocycles. The minimum atomic E-state index is -1.99. The molecule has 0 aliphatic carbocycles. The summed E-state index contributed by atoms with van der Waals surface area (Å²) >= 11 is 0. The van der Waals surface area contributed by atoms with Crippen molar-refractivity contribution in [2.75, 3.05) is 13.2 Å². The number of hydrogen-bond acceptors (Lipinski definition) is 16. The highest BCUT2D eigenvalue weighted by Gasteiger charge is 2.41. The Morgan fingerprint density at radius 2 is 0.924 bits per heavy atom. The molecule has 0 saturated carbocycles. The lowest BCUT2D eigenvalue weighted by molar-refractivity contribution is -0.157. The Morgan fingerprint density at radius 3 is 1.35 bits per heavy atom. The Hall–Kier alpha value is -6.48. The van der Waals surface area contributed by atoms with Crippen molar-refractivity contribution in [3.8, 4) is 0 Å². The number of cyclic esters (lactones) is 1. The molecule has 13 atom stereocenters. The molecular weight excluding hydrogens is 1190 g/mol. The van der Waals surface area contributed by atoms with E-state index in [1.807, 2.05) is 0 Å². The summed E-state index contributed by atoms with van der Waals surface area (Å²) in [5, 5.41) is 67.1. The van der Waals surface area contributed by atoms with Crippen molar-refractivity contribution in [3.63, 3.8) is 0 Å². The molecule has 10 amide bonds. The Balaban J connectivity index is 3.99. The molecule has 27 nitrogen and oxygen atoms in total. The molecule has 0 bridgehead atoms. The van der Waals surface area contributed by atoms with Crippen LogP contribution in [0, 0.1) is 35.5 Å². The lowest BCUT2D eigenvalue weighted by Gasteiger charge is -2.32. The fourth-order valence-electron chi connectivity index (χ4n) is 10.5. The second-order valence-corrected chi connectivity index (χ2v) is 26.9. The number of ether oxygens (including phenoxy) is 1. The highest BCUT2D eigenvalue weighted by atomic mass is 16.5. The first-order valence-electron chi connectivity index (χ1n) is 33.5. The van der Waals surface area contributed by atoms with Gasteiger partial charge in [-0.3, -0.25) is 52.7 Å². The van der Waals surface area contributed by atoms with Crippen molar-refractivity contribution in [3.05, 3.63) is 0 Å². The van der Waals surface area contributed by atoms with Crippen LogP contribution < -0.4 is 53.2 Å². The van der Waals surface area contributed by atoms with Crippen molar-refractivity contribution in [2.24, 2.45) is 35.5 Å². The maximum absolute atomic E-state index is 15.0. The topological polar surface area (TPSA) is 415 Å². The fourth-order valence-corrected chi connectivity index (χ4v) is 10.5. The van der Waals surface area contributed by atoms with Gasteiger partial charge in [-0.05, 0) is 81.0 Å². The number of aliphatic hydroxyl groups is 3. The molecule has 0 radical (unpaired) electrons. The predicted octanol–water partition coefficient (Wildman–Crippen LogP) is 2.58. The van der Waals surface area contributed by atoms with Gasteiger partial charge < -0.3 is 78.3 Å². The average molecular weight is 1310 g/mol. The molecule has 1 heterocycles. The maximum Gasteiger partial charge on any atom is 0.329 e. The van der Waals surface area contributed by atoms with Crippen LogP contribution in [-0.2, 0) is 62.3 Å². The summed E-state index contributed by atoms with van der Waals surface area (Å²) in [5.41, 5.74) is 0. The third-order valence-corrected chi connectivity index (χ3v) is 16.0. The number of aliphatic hydroxyl groups excluding tert-OH is 3. The zero-order valence-electron chi connectivity index (χ0n) is 57.3. The van der Waals surface area contributed by atoms with Crippen LogP contribution in [0.25, 0.3) is 0 Å². The standard InChI is InChI=1S/C65H116N10O17/c1-15-17-18-19-20-21-22-23-24-25-26-43(78)33-51(79)66-45(29-36(3)4)57(83)67-44(27-28-52(80)81)56(82)75-55-42(14)92-65(91)53(40(11)12)73-62(88)50(35-77)72-59(85)47(31-38(7)8)68-58(84)46(30-37(5)6)69-61(87)49(34-76)71-60(86)48(32-39(9)10)70-63(89)54(41(13)16-2)74-64(55)90/h36-50,53-55,76-78H,15-35H2,1-14H3,(H,66,79)(H,67,83)(H,68,84)(H,69,87)(H,70,89)(H,71,86)(H,72,85)(H,73,88)(H,74,90)(H,75,82)(H,80,81). The summed E-state index contributed by atoms with van der Waals surface area (Å²) in [6.45, 7) is 21.8. The Morgan fingerprint density at radius 1 is 0.500 bits per heavy atom. The Kier molecular flexibility index (Phi) is 40.1. The zero-order valence-corrected chi connectivity index (χ0v) is 57.3. The van der Waals surface area contributed by atoms with E-state index >= 15 is 0 Å². The van der Waals surface area contributed by atoms with E-state index in [9.17, 15) is 78.0 Å². The molecule has 14 N–H and O–H groups in total. The molecule has 0 aromatic carbocycles. The van der Waals surface area contributed by atoms with Crippen molar-refractivity contribution < 1.29 is 82.7 Å². The van der Waals surface area contributed by atoms with Gasteiger partial charge in [0, 0.05) is 6.42 Å². The van der Waals surface area contributed by atoms with Gasteiger partial charge in [0.1, 0.15) is 66.5 Å². The van der Waals surface area contributed by atoms with Gasteiger partial charge in [0.2, 0.25) is 59.1 Å². The number of rotatable bonds is 34. The number of esters is 1. The Bertz CT molecular complexity index is 2360. The molecule has 528 valence electrons. The van der Waals surface area contributed by atoms with Crippen LogP contribution in [0.3, 0.4) is 0 Å². The molecular formula is C65H116N10O17. The van der Waals surface area contributed by atoms with Crippen molar-refractivity contribution >= 4 is 71.0 Å². The normalized spacial score (nSPS) is 23.5. The monoisotopic (exact) mass is 1310 g/mol. The molecule has 1 fully saturated rings. The fraction of sp³-hybridized carbons (Fsp3) is 0.815. The van der Waals surface area contributed by atoms with Crippen LogP contribution >= 0.6 is 0 Å². The summed E-state index contributed by atoms with van der Waals surface area (Å²) in [5.74, 6) is -14.7. The second kappa shape index (κ2) is 44.2. The van der Waals surface area contributed by atoms with Gasteiger partial charge in [-0.15, -0.1) is 0 Å². The van der Waals surface area contributed by atoms with Crippen LogP contribution in [0.1, 0.15) is 219 Å². The molecule has 13 unspecified atom stereocenters. The average Bonchev–Trinajstić information content (AvgIpc) is 0.953. The van der Waals surface area contributed by atoms with Gasteiger partial charge in [0.15, 0.2) is 0 Å². The predicted molar refractivity (Wildman–Crippen MR) is 345 cm³/mol. The van der Waals surface area contributed by atoms with E-state index in [0.29, 0.717) is 12.8 Å².